The van der Waals surface area contributed by atoms with Crippen molar-refractivity contribution < 1.29 is 29.0 Å². The van der Waals surface area contributed by atoms with E-state index in [1.807, 2.05) is 160 Å². The first-order valence-electron chi connectivity index (χ1n) is 32.7. The van der Waals surface area contributed by atoms with Crippen molar-refractivity contribution in [2.24, 2.45) is 5.73 Å². The molecular weight excluding hydrogens is 1490 g/mol. The number of halogens is 5. The molecule has 0 radical (unpaired) electrons. The second-order valence-electron chi connectivity index (χ2n) is 23.6. The highest BCUT2D eigenvalue weighted by Crippen LogP contribution is 2.30. The van der Waals surface area contributed by atoms with Gasteiger partial charge in [-0.1, -0.05) is 126 Å². The van der Waals surface area contributed by atoms with Crippen molar-refractivity contribution in [3.05, 3.63) is 308 Å². The Hall–Kier alpha value is -9.68. The van der Waals surface area contributed by atoms with E-state index in [0.29, 0.717) is 106 Å². The van der Waals surface area contributed by atoms with Gasteiger partial charge in [0.25, 0.3) is 28.5 Å². The number of nitrogens with zero attached hydrogens (tertiary/aromatic N) is 7. The van der Waals surface area contributed by atoms with Gasteiger partial charge in [0, 0.05) is 85.1 Å². The number of hydrogen-bond acceptors (Lipinski definition) is 13. The lowest BCUT2D eigenvalue weighted by Gasteiger charge is -2.29. The van der Waals surface area contributed by atoms with Crippen molar-refractivity contribution >= 4 is 123 Å². The summed E-state index contributed by atoms with van der Waals surface area (Å²) >= 11 is 25.3. The second-order valence-corrected chi connectivity index (χ2v) is 26.3. The van der Waals surface area contributed by atoms with E-state index in [4.69, 9.17) is 55.1 Å². The molecule has 12 aromatic rings. The highest BCUT2D eigenvalue weighted by molar-refractivity contribution is 9.10. The molecule has 2 aliphatic rings. The predicted molar refractivity (Wildman–Crippen MR) is 411 cm³/mol. The quantitative estimate of drug-likeness (QED) is 0.0831. The fourth-order valence-electron chi connectivity index (χ4n) is 11.6. The van der Waals surface area contributed by atoms with E-state index in [2.05, 4.69) is 62.3 Å². The van der Waals surface area contributed by atoms with Gasteiger partial charge in [-0.25, -0.2) is 19.7 Å². The zero-order chi connectivity index (χ0) is 72.4. The fourth-order valence-corrected chi connectivity index (χ4v) is 13.2. The van der Waals surface area contributed by atoms with Crippen LogP contribution in [0.1, 0.15) is 106 Å². The van der Waals surface area contributed by atoms with Crippen molar-refractivity contribution in [1.82, 2.24) is 39.3 Å². The Bertz CT molecular complexity index is 5130. The molecule has 14 rings (SSSR count). The average molecular weight is 1560 g/mol. The van der Waals surface area contributed by atoms with Gasteiger partial charge in [-0.15, -0.1) is 0 Å². The monoisotopic (exact) mass is 1550 g/mol. The van der Waals surface area contributed by atoms with Crippen molar-refractivity contribution in [3.63, 3.8) is 0 Å². The van der Waals surface area contributed by atoms with Gasteiger partial charge in [0.1, 0.15) is 15.0 Å². The molecule has 102 heavy (non-hydrogen) atoms. The number of nitrogens with one attached hydrogen (secondary N) is 2. The van der Waals surface area contributed by atoms with Gasteiger partial charge in [-0.2, -0.15) is 0 Å². The van der Waals surface area contributed by atoms with E-state index < -0.39 is 18.1 Å². The SMILES string of the molecule is C1CCOCC1.C[C@H](N)c1cc2cccc(Cl)c2c(=O)n1-c1ccccc1.C[C@H](NC(=O)c1cccnc1Br)c1cc2cccc(Cl)c2c(=O)n1-c1ccccc1.C[C@H](NC(=O)c1cccnc1N1CCOCC1)c1cc2cccc(Cl)c2c(=O)n1-c1ccccc1.O=C(O)c1cccnc1Br. The Morgan fingerprint density at radius 1 is 0.461 bits per heavy atom. The largest absolute Gasteiger partial charge is 0.478 e. The van der Waals surface area contributed by atoms with Crippen LogP contribution in [0.15, 0.2) is 242 Å². The molecule has 6 aromatic heterocycles. The first-order valence-corrected chi connectivity index (χ1v) is 35.4. The maximum absolute atomic E-state index is 13.6. The number of ether oxygens (including phenoxy) is 2. The summed E-state index contributed by atoms with van der Waals surface area (Å²) < 4.78 is 16.2. The van der Waals surface area contributed by atoms with Crippen LogP contribution < -0.4 is 37.9 Å². The molecule has 522 valence electrons. The van der Waals surface area contributed by atoms with Gasteiger partial charge >= 0.3 is 5.97 Å². The summed E-state index contributed by atoms with van der Waals surface area (Å²) in [6.07, 6.45) is 8.74. The number of morpholine rings is 1. The Balaban J connectivity index is 0.000000151. The van der Waals surface area contributed by atoms with Gasteiger partial charge in [0.2, 0.25) is 0 Å². The van der Waals surface area contributed by atoms with Crippen LogP contribution in [-0.2, 0) is 9.47 Å². The Labute approximate surface area is 619 Å². The zero-order valence-electron chi connectivity index (χ0n) is 55.7. The number of pyridine rings is 6. The van der Waals surface area contributed by atoms with Crippen LogP contribution in [0.4, 0.5) is 5.82 Å². The van der Waals surface area contributed by atoms with Crippen molar-refractivity contribution in [1.29, 1.82) is 0 Å². The van der Waals surface area contributed by atoms with Crippen molar-refractivity contribution in [2.45, 2.75) is 58.2 Å². The third-order valence-corrected chi connectivity index (χ3v) is 18.8. The Kier molecular flexibility index (Phi) is 26.3. The molecule has 8 heterocycles. The third kappa shape index (κ3) is 18.1. The molecule has 2 fully saturated rings. The lowest BCUT2D eigenvalue weighted by Crippen LogP contribution is -2.39. The summed E-state index contributed by atoms with van der Waals surface area (Å²) in [6.45, 7) is 10.1. The molecule has 0 unspecified atom stereocenters. The summed E-state index contributed by atoms with van der Waals surface area (Å²) in [5.41, 5.74) is 10.8. The molecule has 2 aliphatic heterocycles. The number of fused-ring (bicyclic) bond motifs is 3. The van der Waals surface area contributed by atoms with Gasteiger partial charge in [0.05, 0.1) is 73.2 Å². The molecule has 6 aromatic carbocycles. The molecule has 19 nitrogen and oxygen atoms in total. The van der Waals surface area contributed by atoms with E-state index in [0.717, 1.165) is 40.8 Å². The number of nitrogens with two attached hydrogens (primary N) is 1. The maximum atomic E-state index is 13.6. The number of para-hydroxylation sites is 3. The number of aromatic nitrogens is 6. The van der Waals surface area contributed by atoms with Gasteiger partial charge < -0.3 is 35.8 Å². The molecule has 0 saturated carbocycles. The molecule has 24 heteroatoms. The van der Waals surface area contributed by atoms with Crippen LogP contribution in [0.5, 0.6) is 0 Å². The van der Waals surface area contributed by atoms with E-state index in [1.54, 1.807) is 80.7 Å². The normalized spacial score (nSPS) is 13.4. The molecule has 0 aliphatic carbocycles. The molecule has 3 atom stereocenters. The number of carboxylic acid groups (broad SMARTS) is 1. The lowest BCUT2D eigenvalue weighted by atomic mass is 10.1. The summed E-state index contributed by atoms with van der Waals surface area (Å²) in [5, 5.41) is 19.5. The minimum atomic E-state index is -0.972. The maximum Gasteiger partial charge on any atom is 0.338 e. The Morgan fingerprint density at radius 2 is 0.824 bits per heavy atom. The van der Waals surface area contributed by atoms with Crippen LogP contribution in [0.2, 0.25) is 15.1 Å². The number of anilines is 1. The van der Waals surface area contributed by atoms with Gasteiger partial charge in [0.15, 0.2) is 0 Å². The fraction of sp³-hybridized carbons (Fsp3) is 0.192. The smallest absolute Gasteiger partial charge is 0.338 e. The third-order valence-electron chi connectivity index (χ3n) is 16.6. The molecule has 0 spiro atoms. The summed E-state index contributed by atoms with van der Waals surface area (Å²) in [4.78, 5) is 90.9. The second kappa shape index (κ2) is 35.8. The first-order chi connectivity index (χ1) is 49.3. The lowest BCUT2D eigenvalue weighted by molar-refractivity contribution is 0.0694. The molecule has 5 N–H and O–H groups in total. The van der Waals surface area contributed by atoms with E-state index in [-0.39, 0.29) is 40.1 Å². The van der Waals surface area contributed by atoms with Crippen LogP contribution in [0.3, 0.4) is 0 Å². The number of aromatic carboxylic acids is 1. The number of carboxylic acids is 1. The summed E-state index contributed by atoms with van der Waals surface area (Å²) in [5.74, 6) is -0.891. The molecule has 2 saturated heterocycles. The number of rotatable bonds is 12. The van der Waals surface area contributed by atoms with Gasteiger partial charge in [-0.3, -0.25) is 37.7 Å². The van der Waals surface area contributed by atoms with E-state index in [1.165, 1.54) is 31.5 Å². The molecule has 0 bridgehead atoms. The number of carbonyl (C=O) groups excluding carboxylic acids is 2. The molecular formula is C78H71Br2Cl3N10O9. The van der Waals surface area contributed by atoms with Gasteiger partial charge in [-0.05, 0) is 197 Å². The number of amides is 2. The highest BCUT2D eigenvalue weighted by atomic mass is 79.9. The molecule has 2 amide bonds. The minimum absolute atomic E-state index is 0.142. The zero-order valence-corrected chi connectivity index (χ0v) is 61.1. The summed E-state index contributed by atoms with van der Waals surface area (Å²) in [6, 6.07) is 58.8. The average Bonchev–Trinajstić information content (AvgIpc) is 0.778. The van der Waals surface area contributed by atoms with Crippen LogP contribution >= 0.6 is 66.7 Å². The number of benzene rings is 6. The first kappa shape index (κ1) is 75.0. The van der Waals surface area contributed by atoms with Crippen LogP contribution in [0.25, 0.3) is 49.4 Å². The number of hydrogen-bond donors (Lipinski definition) is 4. The van der Waals surface area contributed by atoms with Crippen LogP contribution in [-0.4, -0.2) is 91.1 Å². The predicted octanol–water partition coefficient (Wildman–Crippen LogP) is 16.1. The topological polar surface area (TPSA) is 248 Å². The van der Waals surface area contributed by atoms with E-state index >= 15 is 0 Å². The van der Waals surface area contributed by atoms with Crippen molar-refractivity contribution in [2.75, 3.05) is 44.4 Å². The van der Waals surface area contributed by atoms with E-state index in [9.17, 15) is 28.8 Å². The van der Waals surface area contributed by atoms with Crippen LogP contribution in [0, 0.1) is 0 Å². The Morgan fingerprint density at radius 3 is 1.19 bits per heavy atom. The summed E-state index contributed by atoms with van der Waals surface area (Å²) in [7, 11) is 0. The minimum Gasteiger partial charge on any atom is -0.478 e. The highest BCUT2D eigenvalue weighted by Gasteiger charge is 2.26. The van der Waals surface area contributed by atoms with Crippen molar-refractivity contribution in [3.8, 4) is 17.1 Å². The standard InChI is InChI=1S/C27H25ClN4O3.C23H17BrClN3O2.C17H15ClN2O.C6H4BrNO2.C5H10O/c1-18(30-26(33)21-10-6-12-29-25(21)31-13-15-35-16-14-31)23-17-19-7-5-11-22(28)24(19)27(34)32(23)20-8-3-2-4-9-20;1-14(27-22(29)17-10-6-12-26-21(17)24)19-13-15-7-5-11-18(25)20(15)23(30)28(19)16-8-3-2-4-9-16;1-11(19)15-10-12-6-5-9-14(18)16(12)17(21)20(15)13-7-3-2-4-8-13;7-5-4(6(9)10)2-1-3-8-5;1-2-4-6-5-3-1/h2-12,17-18H,13-16H2,1H3,(H,30,33);2-14H,1H3,(H,27,29);2-11H,19H2,1H3;1-3H,(H,9,10);1-5H2/t18-;14-;11-;;/m000../s1. The number of carbonyl (C=O) groups is 3.